The molecule has 0 amide bonds. The second-order valence-corrected chi connectivity index (χ2v) is 3.65. The van der Waals surface area contributed by atoms with Crippen LogP contribution in [-0.2, 0) is 0 Å². The second kappa shape index (κ2) is 5.92. The van der Waals surface area contributed by atoms with Crippen LogP contribution in [0, 0.1) is 11.3 Å². The molecule has 3 heteroatoms. The Kier molecular flexibility index (Phi) is 4.53. The van der Waals surface area contributed by atoms with Crippen LogP contribution >= 0.6 is 0 Å². The Labute approximate surface area is 96.3 Å². The molecule has 0 saturated carbocycles. The lowest BCUT2D eigenvalue weighted by atomic mass is 10.1. The first-order valence-corrected chi connectivity index (χ1v) is 5.40. The summed E-state index contributed by atoms with van der Waals surface area (Å²) in [7, 11) is 1.94. The van der Waals surface area contributed by atoms with Gasteiger partial charge < -0.3 is 4.90 Å². The number of hydrogen-bond acceptors (Lipinski definition) is 3. The molecule has 1 aromatic rings. The van der Waals surface area contributed by atoms with E-state index in [0.717, 1.165) is 11.3 Å². The highest BCUT2D eigenvalue weighted by Crippen LogP contribution is 2.14. The molecule has 1 aromatic carbocycles. The van der Waals surface area contributed by atoms with E-state index in [4.69, 9.17) is 5.26 Å². The van der Waals surface area contributed by atoms with E-state index in [1.54, 1.807) is 0 Å². The largest absolute Gasteiger partial charge is 0.374 e. The standard InChI is InChI=1S/C13H16N2O/c1-3-13(16)11-5-7-12(8-6-11)15(2)10-4-9-14/h5-8H,3-4,10H2,1-2H3. The SMILES string of the molecule is CCC(=O)c1ccc(N(C)CCC#N)cc1. The number of benzene rings is 1. The molecule has 0 aromatic heterocycles. The molecule has 0 spiro atoms. The Balaban J connectivity index is 2.71. The summed E-state index contributed by atoms with van der Waals surface area (Å²) in [6.45, 7) is 2.56. The number of ketones is 1. The monoisotopic (exact) mass is 216 g/mol. The van der Waals surface area contributed by atoms with Crippen LogP contribution in [0.25, 0.3) is 0 Å². The van der Waals surface area contributed by atoms with Gasteiger partial charge >= 0.3 is 0 Å². The van der Waals surface area contributed by atoms with Crippen LogP contribution < -0.4 is 4.90 Å². The van der Waals surface area contributed by atoms with E-state index < -0.39 is 0 Å². The molecule has 0 heterocycles. The van der Waals surface area contributed by atoms with Crippen molar-refractivity contribution in [3.05, 3.63) is 29.8 Å². The van der Waals surface area contributed by atoms with Crippen molar-refractivity contribution >= 4 is 11.5 Å². The van der Waals surface area contributed by atoms with E-state index >= 15 is 0 Å². The number of carbonyl (C=O) groups excluding carboxylic acids is 1. The fourth-order valence-corrected chi connectivity index (χ4v) is 1.45. The van der Waals surface area contributed by atoms with Crippen LogP contribution in [0.4, 0.5) is 5.69 Å². The number of rotatable bonds is 5. The van der Waals surface area contributed by atoms with Crippen molar-refractivity contribution in [1.82, 2.24) is 0 Å². The number of carbonyl (C=O) groups is 1. The Morgan fingerprint density at radius 1 is 1.38 bits per heavy atom. The van der Waals surface area contributed by atoms with Crippen LogP contribution in [0.3, 0.4) is 0 Å². The zero-order valence-electron chi connectivity index (χ0n) is 9.73. The molecule has 0 aliphatic carbocycles. The lowest BCUT2D eigenvalue weighted by Crippen LogP contribution is -2.17. The van der Waals surface area contributed by atoms with Crippen LogP contribution in [0.2, 0.25) is 0 Å². The van der Waals surface area contributed by atoms with Crippen molar-refractivity contribution in [2.45, 2.75) is 19.8 Å². The molecular formula is C13H16N2O. The highest BCUT2D eigenvalue weighted by Gasteiger charge is 2.04. The van der Waals surface area contributed by atoms with Crippen molar-refractivity contribution in [2.75, 3.05) is 18.5 Å². The van der Waals surface area contributed by atoms with Crippen molar-refractivity contribution in [2.24, 2.45) is 0 Å². The van der Waals surface area contributed by atoms with Gasteiger partial charge in [-0.25, -0.2) is 0 Å². The van der Waals surface area contributed by atoms with Gasteiger partial charge in [0.25, 0.3) is 0 Å². The van der Waals surface area contributed by atoms with Crippen molar-refractivity contribution < 1.29 is 4.79 Å². The third kappa shape index (κ3) is 3.09. The fraction of sp³-hybridized carbons (Fsp3) is 0.385. The molecule has 3 nitrogen and oxygen atoms in total. The second-order valence-electron chi connectivity index (χ2n) is 3.65. The van der Waals surface area contributed by atoms with Crippen LogP contribution in [-0.4, -0.2) is 19.4 Å². The molecule has 0 aliphatic heterocycles. The minimum Gasteiger partial charge on any atom is -0.374 e. The van der Waals surface area contributed by atoms with E-state index in [2.05, 4.69) is 6.07 Å². The van der Waals surface area contributed by atoms with Gasteiger partial charge in [0.2, 0.25) is 0 Å². The van der Waals surface area contributed by atoms with E-state index in [1.807, 2.05) is 43.1 Å². The number of Topliss-reactive ketones (excluding diaryl/α,β-unsaturated/α-hetero) is 1. The predicted molar refractivity (Wildman–Crippen MR) is 64.6 cm³/mol. The molecule has 0 N–H and O–H groups in total. The highest BCUT2D eigenvalue weighted by atomic mass is 16.1. The number of hydrogen-bond donors (Lipinski definition) is 0. The maximum Gasteiger partial charge on any atom is 0.162 e. The molecule has 0 atom stereocenters. The molecule has 0 aliphatic rings. The van der Waals surface area contributed by atoms with E-state index in [9.17, 15) is 4.79 Å². The fourth-order valence-electron chi connectivity index (χ4n) is 1.45. The maximum atomic E-state index is 11.4. The first kappa shape index (κ1) is 12.3. The zero-order valence-corrected chi connectivity index (χ0v) is 9.73. The van der Waals surface area contributed by atoms with Gasteiger partial charge in [0.05, 0.1) is 12.5 Å². The lowest BCUT2D eigenvalue weighted by molar-refractivity contribution is 0.0988. The smallest absolute Gasteiger partial charge is 0.162 e. The minimum atomic E-state index is 0.159. The molecule has 16 heavy (non-hydrogen) atoms. The van der Waals surface area contributed by atoms with Gasteiger partial charge in [-0.1, -0.05) is 6.92 Å². The summed E-state index contributed by atoms with van der Waals surface area (Å²) in [4.78, 5) is 13.4. The highest BCUT2D eigenvalue weighted by molar-refractivity contribution is 5.96. The average molecular weight is 216 g/mol. The summed E-state index contributed by atoms with van der Waals surface area (Å²) < 4.78 is 0. The van der Waals surface area contributed by atoms with Gasteiger partial charge in [-0.15, -0.1) is 0 Å². The summed E-state index contributed by atoms with van der Waals surface area (Å²) in [5.74, 6) is 0.159. The minimum absolute atomic E-state index is 0.159. The van der Waals surface area contributed by atoms with Gasteiger partial charge in [0, 0.05) is 31.3 Å². The third-order valence-corrected chi connectivity index (χ3v) is 2.51. The summed E-state index contributed by atoms with van der Waals surface area (Å²) >= 11 is 0. The Hall–Kier alpha value is -1.82. The number of anilines is 1. The Bertz CT molecular complexity index is 389. The first-order chi connectivity index (χ1) is 7.69. The van der Waals surface area contributed by atoms with Gasteiger partial charge in [-0.05, 0) is 24.3 Å². The Morgan fingerprint density at radius 2 is 2.00 bits per heavy atom. The lowest BCUT2D eigenvalue weighted by Gasteiger charge is -2.17. The quantitative estimate of drug-likeness (QED) is 0.711. The van der Waals surface area contributed by atoms with Gasteiger partial charge in [-0.2, -0.15) is 5.26 Å². The van der Waals surface area contributed by atoms with Crippen LogP contribution in [0.15, 0.2) is 24.3 Å². The normalized spacial score (nSPS) is 9.56. The molecule has 0 saturated heterocycles. The first-order valence-electron chi connectivity index (χ1n) is 5.40. The van der Waals surface area contributed by atoms with Gasteiger partial charge in [-0.3, -0.25) is 4.79 Å². The van der Waals surface area contributed by atoms with E-state index in [1.165, 1.54) is 0 Å². The summed E-state index contributed by atoms with van der Waals surface area (Å²) in [6, 6.07) is 9.62. The maximum absolute atomic E-state index is 11.4. The van der Waals surface area contributed by atoms with Crippen molar-refractivity contribution in [1.29, 1.82) is 5.26 Å². The molecule has 0 fully saturated rings. The molecule has 0 radical (unpaired) electrons. The van der Waals surface area contributed by atoms with Crippen molar-refractivity contribution in [3.63, 3.8) is 0 Å². The molecular weight excluding hydrogens is 200 g/mol. The number of nitrogens with zero attached hydrogens (tertiary/aromatic N) is 2. The van der Waals surface area contributed by atoms with Gasteiger partial charge in [0.1, 0.15) is 0 Å². The summed E-state index contributed by atoms with van der Waals surface area (Å²) in [5, 5.41) is 8.49. The van der Waals surface area contributed by atoms with Crippen LogP contribution in [0.1, 0.15) is 30.1 Å². The average Bonchev–Trinajstić information content (AvgIpc) is 2.35. The van der Waals surface area contributed by atoms with Crippen LogP contribution in [0.5, 0.6) is 0 Å². The topological polar surface area (TPSA) is 44.1 Å². The molecule has 1 rings (SSSR count). The third-order valence-electron chi connectivity index (χ3n) is 2.51. The Morgan fingerprint density at radius 3 is 2.50 bits per heavy atom. The van der Waals surface area contributed by atoms with Crippen molar-refractivity contribution in [3.8, 4) is 6.07 Å². The summed E-state index contributed by atoms with van der Waals surface area (Å²) in [6.07, 6.45) is 1.04. The van der Waals surface area contributed by atoms with E-state index in [0.29, 0.717) is 19.4 Å². The molecule has 0 unspecified atom stereocenters. The molecule has 84 valence electrons. The van der Waals surface area contributed by atoms with Gasteiger partial charge in [0.15, 0.2) is 5.78 Å². The zero-order chi connectivity index (χ0) is 12.0. The predicted octanol–water partition coefficient (Wildman–Crippen LogP) is 2.63. The van der Waals surface area contributed by atoms with E-state index in [-0.39, 0.29) is 5.78 Å². The number of nitriles is 1. The summed E-state index contributed by atoms with van der Waals surface area (Å²) in [5.41, 5.74) is 1.78. The molecule has 0 bridgehead atoms.